The van der Waals surface area contributed by atoms with Gasteiger partial charge in [-0.25, -0.2) is 4.98 Å². The van der Waals surface area contributed by atoms with E-state index in [0.717, 1.165) is 22.0 Å². The minimum Gasteiger partial charge on any atom is -0.326 e. The van der Waals surface area contributed by atoms with E-state index in [0.29, 0.717) is 0 Å². The molecule has 1 amide bonds. The van der Waals surface area contributed by atoms with Gasteiger partial charge in [-0.3, -0.25) is 4.79 Å². The number of thiazole rings is 1. The Morgan fingerprint density at radius 2 is 1.61 bits per heavy atom. The smallest absolute Gasteiger partial charge is 0.230 e. The molecule has 0 unspecified atom stereocenters. The van der Waals surface area contributed by atoms with Crippen molar-refractivity contribution in [2.45, 2.75) is 20.3 Å². The summed E-state index contributed by atoms with van der Waals surface area (Å²) in [6.45, 7) is 4.08. The van der Waals surface area contributed by atoms with E-state index in [4.69, 9.17) is 0 Å². The topological polar surface area (TPSA) is 42.0 Å². The molecule has 0 atom stereocenters. The summed E-state index contributed by atoms with van der Waals surface area (Å²) in [7, 11) is 0. The zero-order valence-electron chi connectivity index (χ0n) is 13.2. The van der Waals surface area contributed by atoms with Crippen LogP contribution in [0.3, 0.4) is 0 Å². The lowest BCUT2D eigenvalue weighted by Crippen LogP contribution is -2.14. The van der Waals surface area contributed by atoms with Gasteiger partial charge >= 0.3 is 0 Å². The quantitative estimate of drug-likeness (QED) is 0.762. The molecule has 0 aliphatic rings. The second kappa shape index (κ2) is 6.75. The lowest BCUT2D eigenvalue weighted by molar-refractivity contribution is -0.115. The predicted molar refractivity (Wildman–Crippen MR) is 95.8 cm³/mol. The fraction of sp³-hybridized carbons (Fsp3) is 0.158. The third kappa shape index (κ3) is 4.05. The number of aromatic nitrogens is 1. The zero-order valence-corrected chi connectivity index (χ0v) is 14.0. The van der Waals surface area contributed by atoms with E-state index in [9.17, 15) is 4.79 Å². The molecule has 2 aromatic carbocycles. The van der Waals surface area contributed by atoms with Gasteiger partial charge in [-0.1, -0.05) is 47.5 Å². The van der Waals surface area contributed by atoms with Crippen molar-refractivity contribution >= 4 is 22.9 Å². The first-order valence-corrected chi connectivity index (χ1v) is 8.36. The molecule has 3 nitrogen and oxygen atoms in total. The van der Waals surface area contributed by atoms with Crippen molar-refractivity contribution in [1.29, 1.82) is 0 Å². The summed E-state index contributed by atoms with van der Waals surface area (Å²) in [4.78, 5) is 16.7. The molecule has 0 aliphatic carbocycles. The van der Waals surface area contributed by atoms with Crippen LogP contribution in [0.15, 0.2) is 53.9 Å². The predicted octanol–water partition coefficient (Wildman–Crippen LogP) is 4.61. The Morgan fingerprint density at radius 1 is 1.00 bits per heavy atom. The minimum atomic E-state index is -0.0467. The van der Waals surface area contributed by atoms with Crippen LogP contribution in [0.25, 0.3) is 10.6 Å². The van der Waals surface area contributed by atoms with Gasteiger partial charge in [-0.15, -0.1) is 11.3 Å². The van der Waals surface area contributed by atoms with Gasteiger partial charge in [0.05, 0.1) is 12.1 Å². The number of nitrogens with zero attached hydrogens (tertiary/aromatic N) is 1. The number of aryl methyl sites for hydroxylation is 2. The van der Waals surface area contributed by atoms with Gasteiger partial charge in [0.15, 0.2) is 0 Å². The molecule has 0 radical (unpaired) electrons. The lowest BCUT2D eigenvalue weighted by atomic mass is 10.2. The lowest BCUT2D eigenvalue weighted by Gasteiger charge is -2.04. The molecule has 1 aromatic heterocycles. The van der Waals surface area contributed by atoms with E-state index in [-0.39, 0.29) is 12.3 Å². The Morgan fingerprint density at radius 3 is 2.26 bits per heavy atom. The number of nitrogens with one attached hydrogen (secondary N) is 1. The molecule has 0 spiro atoms. The molecule has 116 valence electrons. The molecule has 23 heavy (non-hydrogen) atoms. The fourth-order valence-electron chi connectivity index (χ4n) is 2.22. The number of hydrogen-bond donors (Lipinski definition) is 1. The largest absolute Gasteiger partial charge is 0.326 e. The Labute approximate surface area is 140 Å². The van der Waals surface area contributed by atoms with Crippen molar-refractivity contribution in [3.8, 4) is 10.6 Å². The molecule has 0 fully saturated rings. The summed E-state index contributed by atoms with van der Waals surface area (Å²) in [5, 5.41) is 5.80. The van der Waals surface area contributed by atoms with Crippen LogP contribution in [0.1, 0.15) is 16.8 Å². The zero-order chi connectivity index (χ0) is 16.2. The Bertz CT molecular complexity index is 804. The first-order chi connectivity index (χ1) is 11.1. The standard InChI is InChI=1S/C19H18N2OS/c1-13-3-7-15(8-4-13)19-21-17(12-23-19)11-18(22)20-16-9-5-14(2)6-10-16/h3-10,12H,11H2,1-2H3,(H,20,22). The van der Waals surface area contributed by atoms with Crippen molar-refractivity contribution in [3.63, 3.8) is 0 Å². The summed E-state index contributed by atoms with van der Waals surface area (Å²) in [5.41, 5.74) is 5.10. The van der Waals surface area contributed by atoms with Crippen molar-refractivity contribution < 1.29 is 4.79 Å². The van der Waals surface area contributed by atoms with E-state index in [1.807, 2.05) is 36.6 Å². The number of carbonyl (C=O) groups is 1. The molecule has 3 aromatic rings. The summed E-state index contributed by atoms with van der Waals surface area (Å²) in [6, 6.07) is 16.0. The number of hydrogen-bond acceptors (Lipinski definition) is 3. The summed E-state index contributed by atoms with van der Waals surface area (Å²) in [5.74, 6) is -0.0467. The van der Waals surface area contributed by atoms with Crippen LogP contribution in [-0.4, -0.2) is 10.9 Å². The number of amides is 1. The van der Waals surface area contributed by atoms with Crippen LogP contribution in [0.2, 0.25) is 0 Å². The Hall–Kier alpha value is -2.46. The van der Waals surface area contributed by atoms with Crippen molar-refractivity contribution in [3.05, 3.63) is 70.7 Å². The maximum absolute atomic E-state index is 12.1. The van der Waals surface area contributed by atoms with Gasteiger partial charge in [-0.05, 0) is 26.0 Å². The Kier molecular flexibility index (Phi) is 4.53. The molecule has 0 saturated carbocycles. The summed E-state index contributed by atoms with van der Waals surface area (Å²) < 4.78 is 0. The molecule has 3 rings (SSSR count). The van der Waals surface area contributed by atoms with Crippen LogP contribution in [0.4, 0.5) is 5.69 Å². The van der Waals surface area contributed by atoms with E-state index < -0.39 is 0 Å². The van der Waals surface area contributed by atoms with Crippen molar-refractivity contribution in [2.75, 3.05) is 5.32 Å². The van der Waals surface area contributed by atoms with Gasteiger partial charge in [0, 0.05) is 16.6 Å². The number of anilines is 1. The first kappa shape index (κ1) is 15.4. The maximum atomic E-state index is 12.1. The summed E-state index contributed by atoms with van der Waals surface area (Å²) in [6.07, 6.45) is 0.288. The average molecular weight is 322 g/mol. The minimum absolute atomic E-state index is 0.0467. The highest BCUT2D eigenvalue weighted by Crippen LogP contribution is 2.24. The molecule has 1 heterocycles. The van der Waals surface area contributed by atoms with E-state index in [1.165, 1.54) is 11.1 Å². The average Bonchev–Trinajstić information content (AvgIpc) is 2.98. The van der Waals surface area contributed by atoms with Crippen LogP contribution in [0.5, 0.6) is 0 Å². The monoisotopic (exact) mass is 322 g/mol. The van der Waals surface area contributed by atoms with Crippen LogP contribution in [-0.2, 0) is 11.2 Å². The molecule has 0 saturated heterocycles. The van der Waals surface area contributed by atoms with Crippen LogP contribution >= 0.6 is 11.3 Å². The molecule has 0 aliphatic heterocycles. The van der Waals surface area contributed by atoms with E-state index in [2.05, 4.69) is 41.5 Å². The molecular formula is C19H18N2OS. The van der Waals surface area contributed by atoms with E-state index in [1.54, 1.807) is 11.3 Å². The number of rotatable bonds is 4. The highest BCUT2D eigenvalue weighted by Gasteiger charge is 2.09. The second-order valence-corrected chi connectivity index (χ2v) is 6.46. The highest BCUT2D eigenvalue weighted by molar-refractivity contribution is 7.13. The third-order valence-corrected chi connectivity index (χ3v) is 4.47. The van der Waals surface area contributed by atoms with Crippen LogP contribution in [0, 0.1) is 13.8 Å². The van der Waals surface area contributed by atoms with Gasteiger partial charge < -0.3 is 5.32 Å². The molecule has 0 bridgehead atoms. The normalized spacial score (nSPS) is 10.5. The first-order valence-electron chi connectivity index (χ1n) is 7.48. The SMILES string of the molecule is Cc1ccc(NC(=O)Cc2csc(-c3ccc(C)cc3)n2)cc1. The molecular weight excluding hydrogens is 304 g/mol. The second-order valence-electron chi connectivity index (χ2n) is 5.60. The van der Waals surface area contributed by atoms with Gasteiger partial charge in [0.25, 0.3) is 0 Å². The van der Waals surface area contributed by atoms with Crippen molar-refractivity contribution in [1.82, 2.24) is 4.98 Å². The third-order valence-electron chi connectivity index (χ3n) is 3.53. The van der Waals surface area contributed by atoms with Gasteiger partial charge in [0.1, 0.15) is 5.01 Å². The number of benzene rings is 2. The fourth-order valence-corrected chi connectivity index (χ4v) is 3.05. The van der Waals surface area contributed by atoms with Gasteiger partial charge in [-0.2, -0.15) is 0 Å². The Balaban J connectivity index is 1.65. The van der Waals surface area contributed by atoms with Crippen molar-refractivity contribution in [2.24, 2.45) is 0 Å². The highest BCUT2D eigenvalue weighted by atomic mass is 32.1. The van der Waals surface area contributed by atoms with Crippen LogP contribution < -0.4 is 5.32 Å². The molecule has 1 N–H and O–H groups in total. The number of carbonyl (C=O) groups excluding carboxylic acids is 1. The van der Waals surface area contributed by atoms with Gasteiger partial charge in [0.2, 0.25) is 5.91 Å². The van der Waals surface area contributed by atoms with E-state index >= 15 is 0 Å². The molecule has 4 heteroatoms. The summed E-state index contributed by atoms with van der Waals surface area (Å²) >= 11 is 1.57. The maximum Gasteiger partial charge on any atom is 0.230 e.